The number of carbonyl (C=O) groups excluding carboxylic acids is 1. The van der Waals surface area contributed by atoms with Gasteiger partial charge in [-0.2, -0.15) is 0 Å². The van der Waals surface area contributed by atoms with Crippen molar-refractivity contribution in [1.29, 1.82) is 0 Å². The molecule has 9 heteroatoms. The third-order valence-electron chi connectivity index (χ3n) is 4.02. The number of benzene rings is 2. The van der Waals surface area contributed by atoms with Crippen LogP contribution >= 0.6 is 24.0 Å². The van der Waals surface area contributed by atoms with Gasteiger partial charge in [0, 0.05) is 0 Å². The van der Waals surface area contributed by atoms with Crippen molar-refractivity contribution in [2.45, 2.75) is 13.0 Å². The maximum Gasteiger partial charge on any atom is 0.344 e. The van der Waals surface area contributed by atoms with E-state index >= 15 is 0 Å². The monoisotopic (exact) mass is 433 g/mol. The summed E-state index contributed by atoms with van der Waals surface area (Å²) in [6, 6.07) is 10.7. The Balaban J connectivity index is 1.88. The average molecular weight is 433 g/mol. The van der Waals surface area contributed by atoms with Gasteiger partial charge < -0.3 is 14.6 Å². The fourth-order valence-electron chi connectivity index (χ4n) is 2.57. The molecule has 1 fully saturated rings. The molecule has 3 rings (SSSR count). The molecule has 0 radical (unpaired) electrons. The molecule has 1 heterocycles. The number of thioether (sulfide) groups is 1. The van der Waals surface area contributed by atoms with Gasteiger partial charge in [0.15, 0.2) is 21.9 Å². The van der Waals surface area contributed by atoms with Crippen LogP contribution in [0.25, 0.3) is 6.08 Å². The van der Waals surface area contributed by atoms with Gasteiger partial charge in [0.25, 0.3) is 5.91 Å². The van der Waals surface area contributed by atoms with E-state index in [0.717, 1.165) is 16.7 Å². The quantitative estimate of drug-likeness (QED) is 0.543. The number of carboxylic acid groups (broad SMARTS) is 1. The average Bonchev–Trinajstić information content (AvgIpc) is 2.96. The molecule has 0 aromatic heterocycles. The van der Waals surface area contributed by atoms with Crippen LogP contribution in [0.3, 0.4) is 0 Å². The normalized spacial score (nSPS) is 16.2. The number of anilines is 1. The molecule has 1 saturated heterocycles. The molecular formula is C20H16FNO5S2. The summed E-state index contributed by atoms with van der Waals surface area (Å²) in [5.41, 5.74) is 0.716. The van der Waals surface area contributed by atoms with E-state index in [9.17, 15) is 14.0 Å². The van der Waals surface area contributed by atoms with E-state index < -0.39 is 23.8 Å². The van der Waals surface area contributed by atoms with Crippen LogP contribution in [0, 0.1) is 5.82 Å². The summed E-state index contributed by atoms with van der Waals surface area (Å²) in [6.45, 7) is 1.41. The highest BCUT2D eigenvalue weighted by molar-refractivity contribution is 8.27. The summed E-state index contributed by atoms with van der Waals surface area (Å²) >= 11 is 6.32. The molecule has 0 aliphatic carbocycles. The van der Waals surface area contributed by atoms with Crippen LogP contribution in [0.2, 0.25) is 0 Å². The van der Waals surface area contributed by atoms with Crippen molar-refractivity contribution in [3.63, 3.8) is 0 Å². The predicted octanol–water partition coefficient (Wildman–Crippen LogP) is 4.09. The molecule has 1 unspecified atom stereocenters. The van der Waals surface area contributed by atoms with Crippen molar-refractivity contribution >= 4 is 51.9 Å². The number of methoxy groups -OCH3 is 1. The van der Waals surface area contributed by atoms with Gasteiger partial charge in [0.05, 0.1) is 17.7 Å². The SMILES string of the molecule is COc1cc(/C=C2/SC(=S)N(c3ccccc3F)C2=O)ccc1OC(C)C(=O)O. The Morgan fingerprint density at radius 1 is 1.28 bits per heavy atom. The number of aliphatic carboxylic acids is 1. The molecule has 6 nitrogen and oxygen atoms in total. The van der Waals surface area contributed by atoms with Gasteiger partial charge in [-0.1, -0.05) is 42.2 Å². The molecule has 0 saturated carbocycles. The highest BCUT2D eigenvalue weighted by Gasteiger charge is 2.34. The number of para-hydroxylation sites is 1. The molecule has 2 aromatic rings. The molecule has 0 spiro atoms. The number of carboxylic acids is 1. The minimum atomic E-state index is -1.10. The summed E-state index contributed by atoms with van der Waals surface area (Å²) in [4.78, 5) is 25.2. The van der Waals surface area contributed by atoms with Gasteiger partial charge in [-0.15, -0.1) is 0 Å². The van der Waals surface area contributed by atoms with E-state index in [1.54, 1.807) is 30.3 Å². The third kappa shape index (κ3) is 4.41. The Bertz CT molecular complexity index is 1020. The summed E-state index contributed by atoms with van der Waals surface area (Å²) in [5, 5.41) is 8.98. The first-order valence-corrected chi connectivity index (χ1v) is 9.64. The first kappa shape index (κ1) is 20.8. The number of thiocarbonyl (C=S) groups is 1. The highest BCUT2D eigenvalue weighted by atomic mass is 32.2. The lowest BCUT2D eigenvalue weighted by molar-refractivity contribution is -0.144. The summed E-state index contributed by atoms with van der Waals surface area (Å²) in [6.07, 6.45) is 0.555. The summed E-state index contributed by atoms with van der Waals surface area (Å²) in [5.74, 6) is -1.49. The highest BCUT2D eigenvalue weighted by Crippen LogP contribution is 2.38. The molecule has 1 atom stereocenters. The smallest absolute Gasteiger partial charge is 0.344 e. The van der Waals surface area contributed by atoms with Crippen molar-refractivity contribution in [2.75, 3.05) is 12.0 Å². The van der Waals surface area contributed by atoms with Crippen molar-refractivity contribution in [3.05, 3.63) is 58.8 Å². The van der Waals surface area contributed by atoms with E-state index in [1.807, 2.05) is 0 Å². The van der Waals surface area contributed by atoms with Crippen molar-refractivity contribution in [1.82, 2.24) is 0 Å². The van der Waals surface area contributed by atoms with Crippen LogP contribution in [0.4, 0.5) is 10.1 Å². The number of ether oxygens (including phenoxy) is 2. The van der Waals surface area contributed by atoms with Gasteiger partial charge in [0.2, 0.25) is 0 Å². The van der Waals surface area contributed by atoms with E-state index in [4.69, 9.17) is 26.8 Å². The van der Waals surface area contributed by atoms with Gasteiger partial charge in [0.1, 0.15) is 5.82 Å². The Hall–Kier alpha value is -2.91. The lowest BCUT2D eigenvalue weighted by Gasteiger charge is -2.15. The van der Waals surface area contributed by atoms with Crippen LogP contribution in [0.1, 0.15) is 12.5 Å². The largest absolute Gasteiger partial charge is 0.493 e. The topological polar surface area (TPSA) is 76.1 Å². The van der Waals surface area contributed by atoms with Crippen molar-refractivity contribution in [3.8, 4) is 11.5 Å². The molecule has 29 heavy (non-hydrogen) atoms. The molecule has 150 valence electrons. The third-order valence-corrected chi connectivity index (χ3v) is 5.33. The number of hydrogen-bond donors (Lipinski definition) is 1. The number of rotatable bonds is 6. The molecule has 1 aliphatic rings. The zero-order valence-corrected chi connectivity index (χ0v) is 17.1. The Labute approximate surface area is 175 Å². The number of amides is 1. The Morgan fingerprint density at radius 2 is 2.00 bits per heavy atom. The fraction of sp³-hybridized carbons (Fsp3) is 0.150. The predicted molar refractivity (Wildman–Crippen MR) is 113 cm³/mol. The lowest BCUT2D eigenvalue weighted by Crippen LogP contribution is -2.28. The minimum Gasteiger partial charge on any atom is -0.493 e. The maximum atomic E-state index is 14.1. The molecule has 2 aromatic carbocycles. The first-order valence-electron chi connectivity index (χ1n) is 8.41. The molecule has 1 N–H and O–H groups in total. The Kier molecular flexibility index (Phi) is 6.19. The van der Waals surface area contributed by atoms with Gasteiger partial charge >= 0.3 is 5.97 Å². The standard InChI is InChI=1S/C20H16FNO5S2/c1-11(19(24)25)27-15-8-7-12(9-16(15)26-2)10-17-18(23)22(20(28)29-17)14-6-4-3-5-13(14)21/h3-11H,1-2H3,(H,24,25)/b17-10+. The second-order valence-electron chi connectivity index (χ2n) is 5.98. The van der Waals surface area contributed by atoms with Crippen LogP contribution in [-0.2, 0) is 9.59 Å². The van der Waals surface area contributed by atoms with Crippen LogP contribution in [0.15, 0.2) is 47.4 Å². The number of halogens is 1. The van der Waals surface area contributed by atoms with Crippen molar-refractivity contribution in [2.24, 2.45) is 0 Å². The molecular weight excluding hydrogens is 417 g/mol. The van der Waals surface area contributed by atoms with Gasteiger partial charge in [-0.3, -0.25) is 9.69 Å². The van der Waals surface area contributed by atoms with E-state index in [2.05, 4.69) is 0 Å². The van der Waals surface area contributed by atoms with Crippen molar-refractivity contribution < 1.29 is 28.6 Å². The van der Waals surface area contributed by atoms with Gasteiger partial charge in [-0.05, 0) is 42.8 Å². The van der Waals surface area contributed by atoms with Crippen LogP contribution in [0.5, 0.6) is 11.5 Å². The summed E-state index contributed by atoms with van der Waals surface area (Å²) in [7, 11) is 1.43. The maximum absolute atomic E-state index is 14.1. The van der Waals surface area contributed by atoms with E-state index in [-0.39, 0.29) is 15.8 Å². The second kappa shape index (κ2) is 8.62. The first-order chi connectivity index (χ1) is 13.8. The van der Waals surface area contributed by atoms with Crippen LogP contribution < -0.4 is 14.4 Å². The number of nitrogens with zero attached hydrogens (tertiary/aromatic N) is 1. The summed E-state index contributed by atoms with van der Waals surface area (Å²) < 4.78 is 24.9. The molecule has 1 amide bonds. The van der Waals surface area contributed by atoms with Crippen LogP contribution in [-0.4, -0.2) is 34.5 Å². The lowest BCUT2D eigenvalue weighted by atomic mass is 10.1. The fourth-order valence-corrected chi connectivity index (χ4v) is 3.86. The molecule has 0 bridgehead atoms. The van der Waals surface area contributed by atoms with E-state index in [1.165, 1.54) is 32.2 Å². The molecule has 1 aliphatic heterocycles. The minimum absolute atomic E-state index is 0.0994. The second-order valence-corrected chi connectivity index (χ2v) is 7.65. The number of carbonyl (C=O) groups is 2. The van der Waals surface area contributed by atoms with E-state index in [0.29, 0.717) is 16.2 Å². The Morgan fingerprint density at radius 3 is 2.66 bits per heavy atom. The number of hydrogen-bond acceptors (Lipinski definition) is 6. The zero-order chi connectivity index (χ0) is 21.1. The van der Waals surface area contributed by atoms with Gasteiger partial charge in [-0.25, -0.2) is 9.18 Å². The zero-order valence-electron chi connectivity index (χ0n) is 15.4.